The van der Waals surface area contributed by atoms with E-state index < -0.39 is 0 Å². The number of fused-ring (bicyclic) bond motifs is 5. The Morgan fingerprint density at radius 1 is 0.688 bits per heavy atom. The van der Waals surface area contributed by atoms with Crippen molar-refractivity contribution in [3.05, 3.63) is 154 Å². The van der Waals surface area contributed by atoms with Gasteiger partial charge in [-0.05, 0) is 36.1 Å². The molecule has 0 aromatic heterocycles. The summed E-state index contributed by atoms with van der Waals surface area (Å²) in [5.41, 5.74) is 14.1. The third kappa shape index (κ3) is 7.45. The Hall–Kier alpha value is -2.96. The molecule has 0 radical (unpaired) electrons. The van der Waals surface area contributed by atoms with Gasteiger partial charge >= 0.3 is 63.8 Å². The third-order valence-corrected chi connectivity index (χ3v) is 10.5. The van der Waals surface area contributed by atoms with Gasteiger partial charge in [0.1, 0.15) is 0 Å². The minimum atomic E-state index is 0. The van der Waals surface area contributed by atoms with E-state index in [1.807, 2.05) is 12.1 Å². The molecule has 0 heterocycles. The van der Waals surface area contributed by atoms with Crippen LogP contribution < -0.4 is 24.8 Å². The molecule has 1 unspecified atom stereocenters. The van der Waals surface area contributed by atoms with Gasteiger partial charge < -0.3 is 24.8 Å². The van der Waals surface area contributed by atoms with Crippen LogP contribution in [0.3, 0.4) is 0 Å². The summed E-state index contributed by atoms with van der Waals surface area (Å²) >= 11 is 1.46. The summed E-state index contributed by atoms with van der Waals surface area (Å²) < 4.78 is 2.17. The van der Waals surface area contributed by atoms with E-state index in [0.29, 0.717) is 5.92 Å². The maximum absolute atomic E-state index is 3.39. The average molecular weight is 747 g/mol. The standard InChI is InChI=1S/C25H25.C13H13.C7H6.2ClH.Zr/c1-14-12-24(3,4)22-8-16-7-17-9-23-19(15(2)13-25(23,5)6)11-21(17)20(16)10-18(14)22;1-10-8-11(2)13(9-10)12-6-4-3-5-7-12;1-7-5-3-2-4-6-7;;;/h7-13H,1-6H3;3-7,9-10H,1-2H3;1-6H;2*1H;/q2*-1;;;;+2/p-2. The van der Waals surface area contributed by atoms with E-state index in [0.717, 1.165) is 0 Å². The summed E-state index contributed by atoms with van der Waals surface area (Å²) in [4.78, 5) is 0. The van der Waals surface area contributed by atoms with E-state index in [9.17, 15) is 0 Å². The molecule has 3 aliphatic rings. The zero-order chi connectivity index (χ0) is 32.8. The zero-order valence-corrected chi connectivity index (χ0v) is 33.3. The summed E-state index contributed by atoms with van der Waals surface area (Å²) in [6.07, 6.45) is 10.5. The Bertz CT molecular complexity index is 1990. The summed E-state index contributed by atoms with van der Waals surface area (Å²) in [6.45, 7) is 18.1. The molecule has 3 aliphatic carbocycles. The summed E-state index contributed by atoms with van der Waals surface area (Å²) in [7, 11) is 0. The Kier molecular flexibility index (Phi) is 11.7. The van der Waals surface area contributed by atoms with Crippen molar-refractivity contribution < 1.29 is 49.0 Å². The second-order valence-corrected chi connectivity index (χ2v) is 15.0. The Morgan fingerprint density at radius 2 is 1.15 bits per heavy atom. The van der Waals surface area contributed by atoms with Crippen LogP contribution in [0.1, 0.15) is 88.8 Å². The Balaban J connectivity index is 0.000000190. The molecule has 48 heavy (non-hydrogen) atoms. The van der Waals surface area contributed by atoms with Gasteiger partial charge in [0.25, 0.3) is 0 Å². The van der Waals surface area contributed by atoms with Gasteiger partial charge in [-0.1, -0.05) is 113 Å². The predicted octanol–water partition coefficient (Wildman–Crippen LogP) is 5.96. The average Bonchev–Trinajstić information content (AvgIpc) is 3.70. The van der Waals surface area contributed by atoms with Crippen molar-refractivity contribution in [2.24, 2.45) is 5.92 Å². The van der Waals surface area contributed by atoms with Gasteiger partial charge in [-0.25, -0.2) is 5.57 Å². The first-order valence-corrected chi connectivity index (χ1v) is 17.8. The number of halogens is 2. The van der Waals surface area contributed by atoms with Gasteiger partial charge in [0, 0.05) is 10.8 Å². The molecule has 0 aliphatic heterocycles. The monoisotopic (exact) mass is 744 g/mol. The van der Waals surface area contributed by atoms with E-state index in [2.05, 4.69) is 162 Å². The van der Waals surface area contributed by atoms with Crippen LogP contribution in [-0.4, -0.2) is 3.71 Å². The normalized spacial score (nSPS) is 17.6. The van der Waals surface area contributed by atoms with Crippen LogP contribution in [0.15, 0.2) is 115 Å². The zero-order valence-electron chi connectivity index (χ0n) is 29.3. The Morgan fingerprint density at radius 3 is 1.54 bits per heavy atom. The maximum atomic E-state index is 3.39. The molecule has 0 bridgehead atoms. The first-order chi connectivity index (χ1) is 21.9. The first-order valence-electron chi connectivity index (χ1n) is 16.4. The SMILES string of the molecule is CC1=CC(C)(C)c2cc3[cH-]c4cc5c(cc4c3cc21)C(C)=CC5(C)C.CC1=[C-]C(C)C=C1c1ccccc1.[Cl-].[Cl-].[Zr+2]=[CH]c1ccccc1. The van der Waals surface area contributed by atoms with Crippen molar-refractivity contribution in [2.75, 3.05) is 0 Å². The van der Waals surface area contributed by atoms with E-state index in [4.69, 9.17) is 0 Å². The van der Waals surface area contributed by atoms with Crippen molar-refractivity contribution in [3.63, 3.8) is 0 Å². The molecule has 0 fully saturated rings. The van der Waals surface area contributed by atoms with E-state index in [1.54, 1.807) is 0 Å². The Labute approximate surface area is 315 Å². The van der Waals surface area contributed by atoms with Crippen LogP contribution in [-0.2, 0) is 35.1 Å². The van der Waals surface area contributed by atoms with E-state index in [-0.39, 0.29) is 35.6 Å². The third-order valence-electron chi connectivity index (χ3n) is 9.69. The van der Waals surface area contributed by atoms with E-state index in [1.165, 1.54) is 101 Å². The number of rotatable bonds is 2. The molecule has 0 spiro atoms. The molecule has 244 valence electrons. The van der Waals surface area contributed by atoms with E-state index >= 15 is 0 Å². The van der Waals surface area contributed by atoms with Crippen molar-refractivity contribution in [1.29, 1.82) is 0 Å². The molecule has 5 aromatic rings. The van der Waals surface area contributed by atoms with Gasteiger partial charge in [-0.15, -0.1) is 45.3 Å². The van der Waals surface area contributed by atoms with Crippen LogP contribution in [0.4, 0.5) is 0 Å². The van der Waals surface area contributed by atoms with Crippen molar-refractivity contribution in [2.45, 2.75) is 66.2 Å². The number of hydrogen-bond donors (Lipinski definition) is 0. The fraction of sp³-hybridized carbons (Fsp3) is 0.244. The first kappa shape index (κ1) is 37.9. The molecular formula is C45H44Cl2Zr-2. The van der Waals surface area contributed by atoms with Crippen LogP contribution in [0.2, 0.25) is 0 Å². The molecule has 8 rings (SSSR count). The molecule has 0 saturated carbocycles. The van der Waals surface area contributed by atoms with Crippen molar-refractivity contribution >= 4 is 42.0 Å². The van der Waals surface area contributed by atoms with Crippen LogP contribution in [0.25, 0.3) is 38.3 Å². The predicted molar refractivity (Wildman–Crippen MR) is 198 cm³/mol. The minimum absolute atomic E-state index is 0. The molecule has 0 amide bonds. The fourth-order valence-corrected chi connectivity index (χ4v) is 8.01. The molecule has 0 nitrogen and oxygen atoms in total. The summed E-state index contributed by atoms with van der Waals surface area (Å²) in [5.74, 6) is 0.468. The molecular weight excluding hydrogens is 703 g/mol. The van der Waals surface area contributed by atoms with Gasteiger partial charge in [0.2, 0.25) is 0 Å². The molecule has 0 N–H and O–H groups in total. The number of benzene rings is 4. The van der Waals surface area contributed by atoms with Crippen LogP contribution >= 0.6 is 0 Å². The van der Waals surface area contributed by atoms with Crippen LogP contribution in [0, 0.1) is 12.0 Å². The molecule has 1 atom stereocenters. The van der Waals surface area contributed by atoms with Gasteiger partial charge in [0.05, 0.1) is 0 Å². The quantitative estimate of drug-likeness (QED) is 0.196. The molecule has 0 saturated heterocycles. The summed E-state index contributed by atoms with van der Waals surface area (Å²) in [5, 5.41) is 5.57. The van der Waals surface area contributed by atoms with Crippen molar-refractivity contribution in [3.8, 4) is 0 Å². The topological polar surface area (TPSA) is 0 Å². The fourth-order valence-electron chi connectivity index (χ4n) is 7.53. The van der Waals surface area contributed by atoms with Gasteiger partial charge in [-0.3, -0.25) is 6.08 Å². The molecule has 3 heteroatoms. The summed E-state index contributed by atoms with van der Waals surface area (Å²) in [6, 6.07) is 32.9. The van der Waals surface area contributed by atoms with Gasteiger partial charge in [0.15, 0.2) is 0 Å². The number of hydrogen-bond acceptors (Lipinski definition) is 0. The van der Waals surface area contributed by atoms with Crippen LogP contribution in [0.5, 0.6) is 0 Å². The second kappa shape index (κ2) is 14.9. The number of allylic oxidation sites excluding steroid dienone is 8. The second-order valence-electron chi connectivity index (χ2n) is 14.3. The van der Waals surface area contributed by atoms with Crippen molar-refractivity contribution in [1.82, 2.24) is 0 Å². The van der Waals surface area contributed by atoms with Gasteiger partial charge in [-0.2, -0.15) is 11.6 Å². The molecule has 5 aromatic carbocycles.